The van der Waals surface area contributed by atoms with Gasteiger partial charge in [-0.1, -0.05) is 19.1 Å². The van der Waals surface area contributed by atoms with Crippen molar-refractivity contribution in [2.45, 2.75) is 19.8 Å². The average Bonchev–Trinajstić information content (AvgIpc) is 2.44. The van der Waals surface area contributed by atoms with Gasteiger partial charge in [0.05, 0.1) is 13.7 Å². The molecule has 106 valence electrons. The van der Waals surface area contributed by atoms with Crippen LogP contribution in [0, 0.1) is 0 Å². The van der Waals surface area contributed by atoms with Crippen LogP contribution in [0.5, 0.6) is 5.75 Å². The average molecular weight is 264 g/mol. The normalized spacial score (nSPS) is 10.3. The van der Waals surface area contributed by atoms with E-state index in [0.717, 1.165) is 24.2 Å². The van der Waals surface area contributed by atoms with Gasteiger partial charge in [-0.25, -0.2) is 0 Å². The van der Waals surface area contributed by atoms with Crippen LogP contribution in [-0.4, -0.2) is 45.1 Å². The fraction of sp³-hybridized carbons (Fsp3) is 0.533. The summed E-state index contributed by atoms with van der Waals surface area (Å²) in [5, 5.41) is 2.87. The zero-order chi connectivity index (χ0) is 14.3. The first-order chi connectivity index (χ1) is 9.12. The Bertz CT molecular complexity index is 419. The quantitative estimate of drug-likeness (QED) is 0.811. The van der Waals surface area contributed by atoms with E-state index in [1.807, 2.05) is 13.1 Å². The Kier molecular flexibility index (Phi) is 6.36. The molecule has 1 N–H and O–H groups in total. The van der Waals surface area contributed by atoms with Crippen molar-refractivity contribution in [2.75, 3.05) is 34.3 Å². The van der Waals surface area contributed by atoms with Gasteiger partial charge in [-0.15, -0.1) is 0 Å². The van der Waals surface area contributed by atoms with Gasteiger partial charge in [0.15, 0.2) is 0 Å². The Labute approximate surface area is 115 Å². The number of aryl methyl sites for hydroxylation is 1. The van der Waals surface area contributed by atoms with Gasteiger partial charge in [-0.2, -0.15) is 0 Å². The third kappa shape index (κ3) is 4.56. The number of likely N-dealkylation sites (N-methyl/N-ethyl adjacent to an activating group) is 2. The molecule has 19 heavy (non-hydrogen) atoms. The summed E-state index contributed by atoms with van der Waals surface area (Å²) in [5.74, 6) is 1.000. The molecule has 1 amide bonds. The summed E-state index contributed by atoms with van der Waals surface area (Å²) in [5.41, 5.74) is 2.45. The van der Waals surface area contributed by atoms with Crippen molar-refractivity contribution in [3.63, 3.8) is 0 Å². The van der Waals surface area contributed by atoms with E-state index in [1.165, 1.54) is 5.56 Å². The largest absolute Gasteiger partial charge is 0.496 e. The molecule has 0 fully saturated rings. The Balaban J connectivity index is 2.68. The van der Waals surface area contributed by atoms with E-state index < -0.39 is 0 Å². The molecule has 0 spiro atoms. The molecule has 0 aliphatic rings. The molecule has 0 unspecified atom stereocenters. The van der Waals surface area contributed by atoms with E-state index >= 15 is 0 Å². The zero-order valence-electron chi connectivity index (χ0n) is 12.3. The second-order valence-electron chi connectivity index (χ2n) is 4.60. The minimum absolute atomic E-state index is 0.105. The maximum Gasteiger partial charge on any atom is 0.236 e. The summed E-state index contributed by atoms with van der Waals surface area (Å²) in [6, 6.07) is 6.25. The first-order valence-corrected chi connectivity index (χ1v) is 6.66. The zero-order valence-corrected chi connectivity index (χ0v) is 12.3. The molecule has 1 aromatic carbocycles. The molecule has 1 rings (SSSR count). The number of benzene rings is 1. The number of nitrogens with zero attached hydrogens (tertiary/aromatic N) is 1. The standard InChI is InChI=1S/C15H24N2O2/c1-5-12-6-7-14(19-4)13(10-12)8-9-17(3)15(18)11-16-2/h6-7,10,16H,5,8-9,11H2,1-4H3. The predicted molar refractivity (Wildman–Crippen MR) is 77.6 cm³/mol. The van der Waals surface area contributed by atoms with E-state index in [1.54, 1.807) is 19.1 Å². The van der Waals surface area contributed by atoms with E-state index in [4.69, 9.17) is 4.74 Å². The molecule has 0 aliphatic carbocycles. The summed E-state index contributed by atoms with van der Waals surface area (Å²) in [7, 11) is 5.29. The molecule has 0 radical (unpaired) electrons. The number of nitrogens with one attached hydrogen (secondary N) is 1. The summed E-state index contributed by atoms with van der Waals surface area (Å²) in [6.07, 6.45) is 1.81. The number of hydrogen-bond donors (Lipinski definition) is 1. The van der Waals surface area contributed by atoms with Crippen LogP contribution in [0.2, 0.25) is 0 Å². The molecule has 4 heteroatoms. The van der Waals surface area contributed by atoms with Crippen LogP contribution in [0.15, 0.2) is 18.2 Å². The molecule has 0 saturated heterocycles. The predicted octanol–water partition coefficient (Wildman–Crippen LogP) is 1.48. The van der Waals surface area contributed by atoms with Crippen LogP contribution in [-0.2, 0) is 17.6 Å². The van der Waals surface area contributed by atoms with Crippen molar-refractivity contribution in [1.29, 1.82) is 0 Å². The summed E-state index contributed by atoms with van der Waals surface area (Å²) in [4.78, 5) is 13.4. The Morgan fingerprint density at radius 2 is 2.16 bits per heavy atom. The van der Waals surface area contributed by atoms with Gasteiger partial charge >= 0.3 is 0 Å². The van der Waals surface area contributed by atoms with Crippen LogP contribution in [0.25, 0.3) is 0 Å². The van der Waals surface area contributed by atoms with Crippen molar-refractivity contribution in [3.05, 3.63) is 29.3 Å². The molecule has 4 nitrogen and oxygen atoms in total. The van der Waals surface area contributed by atoms with Crippen molar-refractivity contribution < 1.29 is 9.53 Å². The lowest BCUT2D eigenvalue weighted by atomic mass is 10.0. The highest BCUT2D eigenvalue weighted by atomic mass is 16.5. The first-order valence-electron chi connectivity index (χ1n) is 6.66. The fourth-order valence-corrected chi connectivity index (χ4v) is 1.95. The molecule has 0 aromatic heterocycles. The Hall–Kier alpha value is -1.55. The third-order valence-electron chi connectivity index (χ3n) is 3.22. The van der Waals surface area contributed by atoms with E-state index in [-0.39, 0.29) is 5.91 Å². The fourth-order valence-electron chi connectivity index (χ4n) is 1.95. The number of methoxy groups -OCH3 is 1. The second-order valence-corrected chi connectivity index (χ2v) is 4.60. The second kappa shape index (κ2) is 7.79. The van der Waals surface area contributed by atoms with Gasteiger partial charge in [0.2, 0.25) is 5.91 Å². The SMILES string of the molecule is CCc1ccc(OC)c(CCN(C)C(=O)CNC)c1. The Morgan fingerprint density at radius 3 is 2.74 bits per heavy atom. The van der Waals surface area contributed by atoms with Crippen molar-refractivity contribution >= 4 is 5.91 Å². The van der Waals surface area contributed by atoms with Gasteiger partial charge in [-0.3, -0.25) is 4.79 Å². The molecule has 0 saturated carbocycles. The highest BCUT2D eigenvalue weighted by Gasteiger charge is 2.09. The number of carbonyl (C=O) groups excluding carboxylic acids is 1. The van der Waals surface area contributed by atoms with E-state index in [2.05, 4.69) is 24.4 Å². The minimum Gasteiger partial charge on any atom is -0.496 e. The number of hydrogen-bond acceptors (Lipinski definition) is 3. The maximum atomic E-state index is 11.7. The van der Waals surface area contributed by atoms with E-state index in [9.17, 15) is 4.79 Å². The van der Waals surface area contributed by atoms with E-state index in [0.29, 0.717) is 13.1 Å². The van der Waals surface area contributed by atoms with Crippen molar-refractivity contribution in [1.82, 2.24) is 10.2 Å². The molecule has 0 atom stereocenters. The number of rotatable bonds is 7. The lowest BCUT2D eigenvalue weighted by Crippen LogP contribution is -2.35. The molecular weight excluding hydrogens is 240 g/mol. The molecular formula is C15H24N2O2. The highest BCUT2D eigenvalue weighted by molar-refractivity contribution is 5.77. The van der Waals surface area contributed by atoms with Crippen molar-refractivity contribution in [2.24, 2.45) is 0 Å². The maximum absolute atomic E-state index is 11.7. The minimum atomic E-state index is 0.105. The monoisotopic (exact) mass is 264 g/mol. The number of ether oxygens (including phenoxy) is 1. The number of carbonyl (C=O) groups is 1. The topological polar surface area (TPSA) is 41.6 Å². The van der Waals surface area contributed by atoms with Crippen LogP contribution in [0.3, 0.4) is 0 Å². The summed E-state index contributed by atoms with van der Waals surface area (Å²) >= 11 is 0. The molecule has 0 heterocycles. The molecule has 0 aliphatic heterocycles. The highest BCUT2D eigenvalue weighted by Crippen LogP contribution is 2.21. The van der Waals surface area contributed by atoms with Crippen LogP contribution in [0.1, 0.15) is 18.1 Å². The van der Waals surface area contributed by atoms with Crippen molar-refractivity contribution in [3.8, 4) is 5.75 Å². The van der Waals surface area contributed by atoms with Gasteiger partial charge in [-0.05, 0) is 37.1 Å². The first kappa shape index (κ1) is 15.5. The van der Waals surface area contributed by atoms with Gasteiger partial charge in [0, 0.05) is 13.6 Å². The van der Waals surface area contributed by atoms with Crippen LogP contribution < -0.4 is 10.1 Å². The lowest BCUT2D eigenvalue weighted by Gasteiger charge is -2.18. The molecule has 1 aromatic rings. The third-order valence-corrected chi connectivity index (χ3v) is 3.22. The molecule has 0 bridgehead atoms. The smallest absolute Gasteiger partial charge is 0.236 e. The summed E-state index contributed by atoms with van der Waals surface area (Å²) < 4.78 is 5.37. The number of amides is 1. The van der Waals surface area contributed by atoms with Crippen LogP contribution >= 0.6 is 0 Å². The summed E-state index contributed by atoms with van der Waals surface area (Å²) in [6.45, 7) is 3.21. The lowest BCUT2D eigenvalue weighted by molar-refractivity contribution is -0.128. The van der Waals surface area contributed by atoms with Gasteiger partial charge < -0.3 is 15.0 Å². The van der Waals surface area contributed by atoms with Crippen LogP contribution in [0.4, 0.5) is 0 Å². The van der Waals surface area contributed by atoms with Gasteiger partial charge in [0.25, 0.3) is 0 Å². The Morgan fingerprint density at radius 1 is 1.42 bits per heavy atom. The van der Waals surface area contributed by atoms with Gasteiger partial charge in [0.1, 0.15) is 5.75 Å².